The molecule has 2 aromatic carbocycles. The molecule has 0 saturated heterocycles. The van der Waals surface area contributed by atoms with E-state index in [2.05, 4.69) is 22.4 Å². The SMILES string of the molecule is CC(C)Oc1ccc(NC(=O)[C@@H](N)Cc2cn(Cc3ccccc3)cn2)cc1. The maximum Gasteiger partial charge on any atom is 0.241 e. The third kappa shape index (κ3) is 5.69. The molecule has 1 heterocycles. The number of benzene rings is 2. The quantitative estimate of drug-likeness (QED) is 0.630. The minimum atomic E-state index is -0.674. The lowest BCUT2D eigenvalue weighted by Gasteiger charge is -2.13. The van der Waals surface area contributed by atoms with E-state index in [1.165, 1.54) is 5.56 Å². The van der Waals surface area contributed by atoms with Crippen LogP contribution < -0.4 is 15.8 Å². The summed E-state index contributed by atoms with van der Waals surface area (Å²) in [6.07, 6.45) is 4.18. The number of amides is 1. The van der Waals surface area contributed by atoms with Gasteiger partial charge in [-0.2, -0.15) is 0 Å². The zero-order valence-electron chi connectivity index (χ0n) is 16.2. The summed E-state index contributed by atoms with van der Waals surface area (Å²) in [5.74, 6) is 0.524. The lowest BCUT2D eigenvalue weighted by atomic mass is 10.1. The summed E-state index contributed by atoms with van der Waals surface area (Å²) in [6, 6.07) is 16.7. The molecule has 0 bridgehead atoms. The molecule has 0 aliphatic carbocycles. The van der Waals surface area contributed by atoms with Gasteiger partial charge in [-0.05, 0) is 43.7 Å². The highest BCUT2D eigenvalue weighted by atomic mass is 16.5. The highest BCUT2D eigenvalue weighted by Gasteiger charge is 2.16. The predicted octanol–water partition coefficient (Wildman–Crippen LogP) is 3.23. The van der Waals surface area contributed by atoms with Gasteiger partial charge in [-0.3, -0.25) is 4.79 Å². The van der Waals surface area contributed by atoms with Gasteiger partial charge in [0.2, 0.25) is 5.91 Å². The average molecular weight is 378 g/mol. The van der Waals surface area contributed by atoms with Crippen LogP contribution in [0.2, 0.25) is 0 Å². The molecular formula is C22H26N4O2. The smallest absolute Gasteiger partial charge is 0.241 e. The Balaban J connectivity index is 1.53. The van der Waals surface area contributed by atoms with E-state index in [0.29, 0.717) is 12.1 Å². The maximum atomic E-state index is 12.4. The van der Waals surface area contributed by atoms with E-state index in [4.69, 9.17) is 10.5 Å². The first-order valence-electron chi connectivity index (χ1n) is 9.37. The summed E-state index contributed by atoms with van der Waals surface area (Å²) in [5, 5.41) is 2.84. The van der Waals surface area contributed by atoms with Crippen LogP contribution in [0.15, 0.2) is 67.1 Å². The van der Waals surface area contributed by atoms with E-state index in [1.807, 2.05) is 54.9 Å². The third-order valence-electron chi connectivity index (χ3n) is 4.15. The third-order valence-corrected chi connectivity index (χ3v) is 4.15. The first kappa shape index (κ1) is 19.6. The molecular weight excluding hydrogens is 352 g/mol. The number of hydrogen-bond donors (Lipinski definition) is 2. The van der Waals surface area contributed by atoms with Gasteiger partial charge in [-0.25, -0.2) is 4.98 Å². The molecule has 28 heavy (non-hydrogen) atoms. The Morgan fingerprint density at radius 3 is 2.54 bits per heavy atom. The van der Waals surface area contributed by atoms with Gasteiger partial charge >= 0.3 is 0 Å². The van der Waals surface area contributed by atoms with Crippen molar-refractivity contribution in [3.05, 3.63) is 78.4 Å². The predicted molar refractivity (Wildman–Crippen MR) is 110 cm³/mol. The number of nitrogens with one attached hydrogen (secondary N) is 1. The largest absolute Gasteiger partial charge is 0.491 e. The summed E-state index contributed by atoms with van der Waals surface area (Å²) < 4.78 is 7.59. The van der Waals surface area contributed by atoms with Crippen molar-refractivity contribution >= 4 is 11.6 Å². The lowest BCUT2D eigenvalue weighted by molar-refractivity contribution is -0.117. The zero-order valence-corrected chi connectivity index (χ0v) is 16.2. The van der Waals surface area contributed by atoms with Crippen LogP contribution in [0, 0.1) is 0 Å². The molecule has 0 unspecified atom stereocenters. The molecule has 0 fully saturated rings. The van der Waals surface area contributed by atoms with Gasteiger partial charge in [-0.1, -0.05) is 30.3 Å². The lowest BCUT2D eigenvalue weighted by Crippen LogP contribution is -2.37. The van der Waals surface area contributed by atoms with E-state index in [-0.39, 0.29) is 12.0 Å². The topological polar surface area (TPSA) is 82.2 Å². The molecule has 3 rings (SSSR count). The highest BCUT2D eigenvalue weighted by molar-refractivity contribution is 5.94. The second kappa shape index (κ2) is 9.19. The van der Waals surface area contributed by atoms with Crippen LogP contribution in [0.1, 0.15) is 25.1 Å². The van der Waals surface area contributed by atoms with E-state index in [1.54, 1.807) is 18.5 Å². The molecule has 146 valence electrons. The first-order chi connectivity index (χ1) is 13.5. The Labute approximate surface area is 165 Å². The molecule has 1 atom stereocenters. The number of aromatic nitrogens is 2. The first-order valence-corrected chi connectivity index (χ1v) is 9.37. The summed E-state index contributed by atoms with van der Waals surface area (Å²) >= 11 is 0. The van der Waals surface area contributed by atoms with Crippen LogP contribution in [0.3, 0.4) is 0 Å². The van der Waals surface area contributed by atoms with Crippen molar-refractivity contribution in [3.63, 3.8) is 0 Å². The van der Waals surface area contributed by atoms with E-state index in [9.17, 15) is 4.79 Å². The van der Waals surface area contributed by atoms with Gasteiger partial charge < -0.3 is 20.4 Å². The van der Waals surface area contributed by atoms with Crippen LogP contribution in [0.4, 0.5) is 5.69 Å². The molecule has 3 N–H and O–H groups in total. The van der Waals surface area contributed by atoms with Gasteiger partial charge in [0.05, 0.1) is 24.2 Å². The molecule has 0 spiro atoms. The number of rotatable bonds is 8. The van der Waals surface area contributed by atoms with Crippen LogP contribution in [0.25, 0.3) is 0 Å². The summed E-state index contributed by atoms with van der Waals surface area (Å²) in [7, 11) is 0. The Bertz CT molecular complexity index is 888. The van der Waals surface area contributed by atoms with Crippen LogP contribution >= 0.6 is 0 Å². The number of nitrogens with two attached hydrogens (primary N) is 1. The Morgan fingerprint density at radius 2 is 1.86 bits per heavy atom. The van der Waals surface area contributed by atoms with Crippen LogP contribution in [0.5, 0.6) is 5.75 Å². The molecule has 1 aromatic heterocycles. The molecule has 0 aliphatic heterocycles. The monoisotopic (exact) mass is 378 g/mol. The standard InChI is InChI=1S/C22H26N4O2/c1-16(2)28-20-10-8-18(9-11-20)25-22(27)21(23)12-19-14-26(15-24-19)13-17-6-4-3-5-7-17/h3-11,14-16,21H,12-13,23H2,1-2H3,(H,25,27)/t21-/m0/s1. The van der Waals surface area contributed by atoms with Gasteiger partial charge in [0.15, 0.2) is 0 Å². The fourth-order valence-electron chi connectivity index (χ4n) is 2.83. The summed E-state index contributed by atoms with van der Waals surface area (Å²) in [4.78, 5) is 16.7. The second-order valence-corrected chi connectivity index (χ2v) is 7.01. The minimum absolute atomic E-state index is 0.107. The summed E-state index contributed by atoms with van der Waals surface area (Å²) in [5.41, 5.74) is 8.74. The van der Waals surface area contributed by atoms with Gasteiger partial charge in [0.1, 0.15) is 5.75 Å². The normalized spacial score (nSPS) is 12.0. The molecule has 6 nitrogen and oxygen atoms in total. The highest BCUT2D eigenvalue weighted by Crippen LogP contribution is 2.17. The van der Waals surface area contributed by atoms with Crippen molar-refractivity contribution in [2.45, 2.75) is 39.0 Å². The van der Waals surface area contributed by atoms with E-state index < -0.39 is 6.04 Å². The number of hydrogen-bond acceptors (Lipinski definition) is 4. The number of ether oxygens (including phenoxy) is 1. The van der Waals surface area contributed by atoms with Crippen LogP contribution in [-0.4, -0.2) is 27.6 Å². The van der Waals surface area contributed by atoms with Gasteiger partial charge in [0, 0.05) is 24.8 Å². The van der Waals surface area contributed by atoms with Gasteiger partial charge in [0.25, 0.3) is 0 Å². The Kier molecular flexibility index (Phi) is 6.45. The molecule has 3 aromatic rings. The molecule has 0 saturated carbocycles. The van der Waals surface area contributed by atoms with Crippen molar-refractivity contribution in [2.75, 3.05) is 5.32 Å². The molecule has 0 aliphatic rings. The molecule has 6 heteroatoms. The van der Waals surface area contributed by atoms with Gasteiger partial charge in [-0.15, -0.1) is 0 Å². The summed E-state index contributed by atoms with van der Waals surface area (Å²) in [6.45, 7) is 4.67. The van der Waals surface area contributed by atoms with E-state index >= 15 is 0 Å². The van der Waals surface area contributed by atoms with Crippen molar-refractivity contribution in [3.8, 4) is 5.75 Å². The van der Waals surface area contributed by atoms with E-state index in [0.717, 1.165) is 18.0 Å². The second-order valence-electron chi connectivity index (χ2n) is 7.01. The fraction of sp³-hybridized carbons (Fsp3) is 0.273. The zero-order chi connectivity index (χ0) is 19.9. The molecule has 1 amide bonds. The van der Waals surface area contributed by atoms with Crippen molar-refractivity contribution < 1.29 is 9.53 Å². The fourth-order valence-corrected chi connectivity index (χ4v) is 2.83. The number of carbonyl (C=O) groups is 1. The number of imidazole rings is 1. The Hall–Kier alpha value is -3.12. The van der Waals surface area contributed by atoms with Crippen molar-refractivity contribution in [1.29, 1.82) is 0 Å². The van der Waals surface area contributed by atoms with Crippen molar-refractivity contribution in [2.24, 2.45) is 5.73 Å². The number of nitrogens with zero attached hydrogens (tertiary/aromatic N) is 2. The average Bonchev–Trinajstić information content (AvgIpc) is 3.10. The number of carbonyl (C=O) groups excluding carboxylic acids is 1. The number of anilines is 1. The maximum absolute atomic E-state index is 12.4. The molecule has 0 radical (unpaired) electrons. The minimum Gasteiger partial charge on any atom is -0.491 e. The Morgan fingerprint density at radius 1 is 1.14 bits per heavy atom. The van der Waals surface area contributed by atoms with Crippen LogP contribution in [-0.2, 0) is 17.8 Å². The van der Waals surface area contributed by atoms with Crippen molar-refractivity contribution in [1.82, 2.24) is 9.55 Å².